The van der Waals surface area contributed by atoms with Gasteiger partial charge in [0.25, 0.3) is 0 Å². The fourth-order valence-electron chi connectivity index (χ4n) is 1.94. The molecule has 0 radical (unpaired) electrons. The van der Waals surface area contributed by atoms with Crippen LogP contribution in [0.4, 0.5) is 4.39 Å². The monoisotopic (exact) mass is 309 g/mol. The van der Waals surface area contributed by atoms with Gasteiger partial charge in [0.2, 0.25) is 0 Å². The van der Waals surface area contributed by atoms with Crippen molar-refractivity contribution in [3.05, 3.63) is 65.5 Å². The summed E-state index contributed by atoms with van der Waals surface area (Å²) in [6.07, 6.45) is -1.18. The highest BCUT2D eigenvalue weighted by molar-refractivity contribution is 7.91. The summed E-state index contributed by atoms with van der Waals surface area (Å²) in [5.74, 6) is -1.13. The topological polar surface area (TPSA) is 80.4 Å². The first-order valence-corrected chi connectivity index (χ1v) is 8.03. The first kappa shape index (κ1) is 15.6. The number of benzene rings is 2. The molecular weight excluding hydrogens is 293 g/mol. The van der Waals surface area contributed by atoms with Crippen LogP contribution >= 0.6 is 0 Å². The first-order valence-electron chi connectivity index (χ1n) is 6.37. The summed E-state index contributed by atoms with van der Waals surface area (Å²) in [5.41, 5.74) is 6.84. The van der Waals surface area contributed by atoms with Crippen molar-refractivity contribution in [2.45, 2.75) is 17.5 Å². The van der Waals surface area contributed by atoms with E-state index in [1.54, 1.807) is 24.3 Å². The lowest BCUT2D eigenvalue weighted by Gasteiger charge is -2.12. The predicted molar refractivity (Wildman–Crippen MR) is 77.7 cm³/mol. The van der Waals surface area contributed by atoms with E-state index in [0.717, 1.165) is 11.6 Å². The molecular formula is C15H16FNO3S. The fourth-order valence-corrected chi connectivity index (χ4v) is 3.32. The zero-order valence-corrected chi connectivity index (χ0v) is 12.1. The van der Waals surface area contributed by atoms with Crippen LogP contribution in [-0.4, -0.2) is 19.3 Å². The number of rotatable bonds is 5. The number of halogens is 1. The van der Waals surface area contributed by atoms with Crippen molar-refractivity contribution in [3.8, 4) is 0 Å². The number of hydrogen-bond acceptors (Lipinski definition) is 4. The van der Waals surface area contributed by atoms with Crippen LogP contribution in [0.1, 0.15) is 17.2 Å². The second kappa shape index (κ2) is 6.34. The van der Waals surface area contributed by atoms with Crippen molar-refractivity contribution in [2.24, 2.45) is 5.73 Å². The number of sulfone groups is 1. The second-order valence-electron chi connectivity index (χ2n) is 4.70. The summed E-state index contributed by atoms with van der Waals surface area (Å²) >= 11 is 0. The lowest BCUT2D eigenvalue weighted by Crippen LogP contribution is -2.15. The van der Waals surface area contributed by atoms with E-state index in [9.17, 15) is 17.9 Å². The van der Waals surface area contributed by atoms with Crippen LogP contribution in [0.15, 0.2) is 53.4 Å². The second-order valence-corrected chi connectivity index (χ2v) is 6.73. The molecule has 4 nitrogen and oxygen atoms in total. The molecule has 6 heteroatoms. The Balaban J connectivity index is 2.19. The van der Waals surface area contributed by atoms with E-state index < -0.39 is 27.5 Å². The Morgan fingerprint density at radius 1 is 1.14 bits per heavy atom. The standard InChI is InChI=1S/C15H16FNO3S/c16-13-2-1-3-14(8-13)21(19,20)10-15(18)12-6-4-11(9-17)5-7-12/h1-8,15,18H,9-10,17H2. The average molecular weight is 309 g/mol. The first-order chi connectivity index (χ1) is 9.92. The van der Waals surface area contributed by atoms with E-state index in [1.807, 2.05) is 0 Å². The zero-order valence-electron chi connectivity index (χ0n) is 11.2. The summed E-state index contributed by atoms with van der Waals surface area (Å²) in [6, 6.07) is 11.5. The molecule has 0 aliphatic carbocycles. The highest BCUT2D eigenvalue weighted by Gasteiger charge is 2.21. The van der Waals surface area contributed by atoms with E-state index in [0.29, 0.717) is 12.1 Å². The predicted octanol–water partition coefficient (Wildman–Crippen LogP) is 1.79. The SMILES string of the molecule is NCc1ccc(C(O)CS(=O)(=O)c2cccc(F)c2)cc1. The maximum atomic E-state index is 13.1. The quantitative estimate of drug-likeness (QED) is 0.882. The number of nitrogens with two attached hydrogens (primary N) is 1. The lowest BCUT2D eigenvalue weighted by molar-refractivity contribution is 0.201. The third-order valence-electron chi connectivity index (χ3n) is 3.13. The summed E-state index contributed by atoms with van der Waals surface area (Å²) in [5, 5.41) is 10.0. The highest BCUT2D eigenvalue weighted by atomic mass is 32.2. The Bertz CT molecular complexity index is 714. The number of hydrogen-bond donors (Lipinski definition) is 2. The van der Waals surface area contributed by atoms with Gasteiger partial charge in [-0.15, -0.1) is 0 Å². The van der Waals surface area contributed by atoms with Gasteiger partial charge in [0.05, 0.1) is 16.8 Å². The van der Waals surface area contributed by atoms with Gasteiger partial charge in [-0.05, 0) is 29.3 Å². The van der Waals surface area contributed by atoms with E-state index in [4.69, 9.17) is 5.73 Å². The smallest absolute Gasteiger partial charge is 0.181 e. The molecule has 0 saturated carbocycles. The van der Waals surface area contributed by atoms with Gasteiger partial charge in [-0.1, -0.05) is 30.3 Å². The largest absolute Gasteiger partial charge is 0.387 e. The van der Waals surface area contributed by atoms with Crippen LogP contribution in [0.2, 0.25) is 0 Å². The van der Waals surface area contributed by atoms with Crippen molar-refractivity contribution in [2.75, 3.05) is 5.75 Å². The number of aliphatic hydroxyl groups excluding tert-OH is 1. The Kier molecular flexibility index (Phi) is 4.72. The van der Waals surface area contributed by atoms with Crippen molar-refractivity contribution >= 4 is 9.84 Å². The third-order valence-corrected chi connectivity index (χ3v) is 4.86. The molecule has 0 aromatic heterocycles. The molecule has 0 heterocycles. The molecule has 1 atom stereocenters. The molecule has 0 fully saturated rings. The Morgan fingerprint density at radius 2 is 1.81 bits per heavy atom. The van der Waals surface area contributed by atoms with E-state index in [-0.39, 0.29) is 4.90 Å². The van der Waals surface area contributed by atoms with Gasteiger partial charge in [0.15, 0.2) is 9.84 Å². The highest BCUT2D eigenvalue weighted by Crippen LogP contribution is 2.20. The van der Waals surface area contributed by atoms with Gasteiger partial charge >= 0.3 is 0 Å². The molecule has 0 aliphatic rings. The molecule has 0 amide bonds. The maximum Gasteiger partial charge on any atom is 0.181 e. The molecule has 2 aromatic rings. The van der Waals surface area contributed by atoms with Crippen LogP contribution in [0.3, 0.4) is 0 Å². The third kappa shape index (κ3) is 3.87. The number of aliphatic hydroxyl groups is 1. The van der Waals surface area contributed by atoms with Crippen LogP contribution in [-0.2, 0) is 16.4 Å². The van der Waals surface area contributed by atoms with Crippen LogP contribution in [0.5, 0.6) is 0 Å². The van der Waals surface area contributed by atoms with Crippen molar-refractivity contribution in [3.63, 3.8) is 0 Å². The molecule has 112 valence electrons. The fraction of sp³-hybridized carbons (Fsp3) is 0.200. The summed E-state index contributed by atoms with van der Waals surface area (Å²) in [4.78, 5) is -0.139. The molecule has 0 aliphatic heterocycles. The lowest BCUT2D eigenvalue weighted by atomic mass is 10.1. The maximum absolute atomic E-state index is 13.1. The molecule has 1 unspecified atom stereocenters. The van der Waals surface area contributed by atoms with Gasteiger partial charge in [-0.3, -0.25) is 0 Å². The Labute approximate surface area is 123 Å². The molecule has 21 heavy (non-hydrogen) atoms. The van der Waals surface area contributed by atoms with Crippen LogP contribution < -0.4 is 5.73 Å². The van der Waals surface area contributed by atoms with E-state index in [1.165, 1.54) is 18.2 Å². The van der Waals surface area contributed by atoms with Gasteiger partial charge in [0.1, 0.15) is 5.82 Å². The molecule has 2 rings (SSSR count). The van der Waals surface area contributed by atoms with Crippen molar-refractivity contribution in [1.82, 2.24) is 0 Å². The van der Waals surface area contributed by atoms with Crippen LogP contribution in [0.25, 0.3) is 0 Å². The zero-order chi connectivity index (χ0) is 15.5. The normalized spacial score (nSPS) is 13.1. The average Bonchev–Trinajstić information content (AvgIpc) is 2.47. The Morgan fingerprint density at radius 3 is 2.38 bits per heavy atom. The van der Waals surface area contributed by atoms with E-state index >= 15 is 0 Å². The van der Waals surface area contributed by atoms with Crippen molar-refractivity contribution in [1.29, 1.82) is 0 Å². The van der Waals surface area contributed by atoms with Gasteiger partial charge in [0, 0.05) is 6.54 Å². The van der Waals surface area contributed by atoms with Gasteiger partial charge < -0.3 is 10.8 Å². The summed E-state index contributed by atoms with van der Waals surface area (Å²) < 4.78 is 37.4. The molecule has 0 saturated heterocycles. The van der Waals surface area contributed by atoms with Gasteiger partial charge in [-0.2, -0.15) is 0 Å². The van der Waals surface area contributed by atoms with Crippen molar-refractivity contribution < 1.29 is 17.9 Å². The summed E-state index contributed by atoms with van der Waals surface area (Å²) in [7, 11) is -3.76. The van der Waals surface area contributed by atoms with Crippen LogP contribution in [0, 0.1) is 5.82 Å². The minimum absolute atomic E-state index is 0.139. The Hall–Kier alpha value is -1.76. The minimum atomic E-state index is -3.76. The molecule has 0 spiro atoms. The minimum Gasteiger partial charge on any atom is -0.387 e. The van der Waals surface area contributed by atoms with E-state index in [2.05, 4.69) is 0 Å². The molecule has 2 aromatic carbocycles. The van der Waals surface area contributed by atoms with Gasteiger partial charge in [-0.25, -0.2) is 12.8 Å². The molecule has 3 N–H and O–H groups in total. The summed E-state index contributed by atoms with van der Waals surface area (Å²) in [6.45, 7) is 0.373. The molecule has 0 bridgehead atoms.